The average Bonchev–Trinajstić information content (AvgIpc) is 3.29. The van der Waals surface area contributed by atoms with E-state index in [2.05, 4.69) is 15.2 Å². The van der Waals surface area contributed by atoms with Crippen molar-refractivity contribution in [3.8, 4) is 23.0 Å². The number of aromatic nitrogens is 3. The monoisotopic (exact) mass is 386 g/mol. The maximum Gasteiger partial charge on any atom is 0.266 e. The van der Waals surface area contributed by atoms with Crippen molar-refractivity contribution in [1.82, 2.24) is 20.1 Å². The summed E-state index contributed by atoms with van der Waals surface area (Å²) in [5.74, 6) is 0.756. The van der Waals surface area contributed by atoms with Gasteiger partial charge in [-0.2, -0.15) is 0 Å². The first kappa shape index (κ1) is 17.5. The fraction of sp³-hybridized carbons (Fsp3) is 0.182. The predicted octanol–water partition coefficient (Wildman–Crippen LogP) is 3.42. The first-order chi connectivity index (χ1) is 14.3. The Bertz CT molecular complexity index is 1160. The minimum atomic E-state index is 0.00596. The van der Waals surface area contributed by atoms with E-state index in [0.717, 1.165) is 16.5 Å². The molecular formula is C22H18N4O3. The molecule has 0 atom stereocenters. The number of benzene rings is 2. The molecule has 2 aromatic carbocycles. The number of morpholine rings is 1. The third-order valence-corrected chi connectivity index (χ3v) is 4.92. The Kier molecular flexibility index (Phi) is 4.50. The zero-order chi connectivity index (χ0) is 19.6. The first-order valence-corrected chi connectivity index (χ1v) is 9.45. The van der Waals surface area contributed by atoms with Crippen LogP contribution in [0.5, 0.6) is 0 Å². The Labute approximate surface area is 167 Å². The number of carbonyl (C=O) groups excluding carboxylic acids is 1. The fourth-order valence-electron chi connectivity index (χ4n) is 3.33. The summed E-state index contributed by atoms with van der Waals surface area (Å²) in [6, 6.07) is 18.9. The molecule has 0 N–H and O–H groups in total. The lowest BCUT2D eigenvalue weighted by Crippen LogP contribution is -2.40. The molecule has 144 valence electrons. The third kappa shape index (κ3) is 3.48. The van der Waals surface area contributed by atoms with Crippen LogP contribution < -0.4 is 0 Å². The lowest BCUT2D eigenvalue weighted by molar-refractivity contribution is 0.0303. The van der Waals surface area contributed by atoms with Crippen LogP contribution in [0.1, 0.15) is 10.4 Å². The molecule has 1 fully saturated rings. The van der Waals surface area contributed by atoms with Crippen molar-refractivity contribution in [2.75, 3.05) is 26.3 Å². The molecule has 7 nitrogen and oxygen atoms in total. The highest BCUT2D eigenvalue weighted by atomic mass is 16.5. The van der Waals surface area contributed by atoms with E-state index in [1.807, 2.05) is 48.5 Å². The molecule has 1 saturated heterocycles. The van der Waals surface area contributed by atoms with Gasteiger partial charge in [0.15, 0.2) is 0 Å². The molecule has 2 aromatic heterocycles. The molecule has 29 heavy (non-hydrogen) atoms. The number of ether oxygens (including phenoxy) is 1. The number of carbonyl (C=O) groups is 1. The first-order valence-electron chi connectivity index (χ1n) is 9.45. The van der Waals surface area contributed by atoms with Crippen molar-refractivity contribution in [3.63, 3.8) is 0 Å². The van der Waals surface area contributed by atoms with Gasteiger partial charge in [0, 0.05) is 29.6 Å². The summed E-state index contributed by atoms with van der Waals surface area (Å²) in [6.45, 7) is 2.40. The van der Waals surface area contributed by atoms with Gasteiger partial charge >= 0.3 is 0 Å². The quantitative estimate of drug-likeness (QED) is 0.537. The lowest BCUT2D eigenvalue weighted by atomic mass is 10.1. The summed E-state index contributed by atoms with van der Waals surface area (Å²) in [6.07, 6.45) is 0. The molecule has 7 heteroatoms. The van der Waals surface area contributed by atoms with Crippen molar-refractivity contribution in [3.05, 3.63) is 66.2 Å². The van der Waals surface area contributed by atoms with Gasteiger partial charge in [0.05, 0.1) is 18.7 Å². The summed E-state index contributed by atoms with van der Waals surface area (Å²) in [4.78, 5) is 18.9. The van der Waals surface area contributed by atoms with Gasteiger partial charge in [-0.15, -0.1) is 10.2 Å². The van der Waals surface area contributed by atoms with Crippen LogP contribution in [0.25, 0.3) is 33.9 Å². The van der Waals surface area contributed by atoms with Crippen molar-refractivity contribution < 1.29 is 13.9 Å². The van der Waals surface area contributed by atoms with Crippen LogP contribution in [-0.2, 0) is 4.74 Å². The number of hydrogen-bond donors (Lipinski definition) is 0. The Balaban J connectivity index is 1.37. The minimum absolute atomic E-state index is 0.00596. The summed E-state index contributed by atoms with van der Waals surface area (Å²) in [5, 5.41) is 9.32. The summed E-state index contributed by atoms with van der Waals surface area (Å²) in [7, 11) is 0. The number of para-hydroxylation sites is 1. The van der Waals surface area contributed by atoms with E-state index < -0.39 is 0 Å². The van der Waals surface area contributed by atoms with Gasteiger partial charge in [0.25, 0.3) is 11.8 Å². The largest absolute Gasteiger partial charge is 0.415 e. The second-order valence-electron chi connectivity index (χ2n) is 6.78. The summed E-state index contributed by atoms with van der Waals surface area (Å²) >= 11 is 0. The second-order valence-corrected chi connectivity index (χ2v) is 6.78. The molecule has 0 unspecified atom stereocenters. The summed E-state index contributed by atoms with van der Waals surface area (Å²) < 4.78 is 11.1. The number of pyridine rings is 1. The van der Waals surface area contributed by atoms with Crippen LogP contribution in [0.15, 0.2) is 65.1 Å². The van der Waals surface area contributed by atoms with E-state index in [9.17, 15) is 4.79 Å². The van der Waals surface area contributed by atoms with E-state index in [0.29, 0.717) is 49.3 Å². The smallest absolute Gasteiger partial charge is 0.266 e. The zero-order valence-electron chi connectivity index (χ0n) is 15.6. The second kappa shape index (κ2) is 7.44. The lowest BCUT2D eigenvalue weighted by Gasteiger charge is -2.26. The minimum Gasteiger partial charge on any atom is -0.415 e. The highest BCUT2D eigenvalue weighted by Crippen LogP contribution is 2.25. The van der Waals surface area contributed by atoms with Crippen LogP contribution in [0.3, 0.4) is 0 Å². The molecule has 1 aliphatic rings. The van der Waals surface area contributed by atoms with Gasteiger partial charge < -0.3 is 14.1 Å². The van der Waals surface area contributed by atoms with Crippen molar-refractivity contribution in [2.45, 2.75) is 0 Å². The van der Waals surface area contributed by atoms with Crippen LogP contribution in [0, 0.1) is 0 Å². The van der Waals surface area contributed by atoms with Crippen molar-refractivity contribution in [1.29, 1.82) is 0 Å². The van der Waals surface area contributed by atoms with Gasteiger partial charge in [-0.05, 0) is 36.4 Å². The van der Waals surface area contributed by atoms with Crippen molar-refractivity contribution in [2.24, 2.45) is 0 Å². The highest BCUT2D eigenvalue weighted by molar-refractivity contribution is 5.94. The van der Waals surface area contributed by atoms with Crippen LogP contribution in [-0.4, -0.2) is 52.3 Å². The number of rotatable bonds is 3. The SMILES string of the molecule is O=C(c1ccc(-c2nnc(-c3ccc4ccccc4n3)o2)cc1)N1CCOCC1. The van der Waals surface area contributed by atoms with Gasteiger partial charge in [-0.3, -0.25) is 4.79 Å². The van der Waals surface area contributed by atoms with Crippen LogP contribution in [0.2, 0.25) is 0 Å². The predicted molar refractivity (Wildman–Crippen MR) is 107 cm³/mol. The molecule has 1 aliphatic heterocycles. The molecule has 0 bridgehead atoms. The van der Waals surface area contributed by atoms with Gasteiger partial charge in [-0.1, -0.05) is 24.3 Å². The van der Waals surface area contributed by atoms with Gasteiger partial charge in [0.1, 0.15) is 5.69 Å². The number of nitrogens with zero attached hydrogens (tertiary/aromatic N) is 4. The molecule has 0 aliphatic carbocycles. The highest BCUT2D eigenvalue weighted by Gasteiger charge is 2.19. The Morgan fingerprint density at radius 1 is 0.862 bits per heavy atom. The molecule has 5 rings (SSSR count). The van der Waals surface area contributed by atoms with Crippen LogP contribution >= 0.6 is 0 Å². The standard InChI is InChI=1S/C22H18N4O3/c27-22(26-11-13-28-14-12-26)17-7-5-16(6-8-17)20-24-25-21(29-20)19-10-9-15-3-1-2-4-18(15)23-19/h1-10H,11-14H2. The number of hydrogen-bond acceptors (Lipinski definition) is 6. The van der Waals surface area contributed by atoms with Gasteiger partial charge in [0.2, 0.25) is 5.89 Å². The molecule has 0 radical (unpaired) electrons. The van der Waals surface area contributed by atoms with Crippen molar-refractivity contribution >= 4 is 16.8 Å². The molecule has 0 saturated carbocycles. The van der Waals surface area contributed by atoms with Crippen LogP contribution in [0.4, 0.5) is 0 Å². The van der Waals surface area contributed by atoms with Gasteiger partial charge in [-0.25, -0.2) is 4.98 Å². The zero-order valence-corrected chi connectivity index (χ0v) is 15.6. The maximum atomic E-state index is 12.6. The average molecular weight is 386 g/mol. The maximum absolute atomic E-state index is 12.6. The molecule has 0 spiro atoms. The number of amides is 1. The Morgan fingerprint density at radius 2 is 1.62 bits per heavy atom. The normalized spacial score (nSPS) is 14.3. The van der Waals surface area contributed by atoms with E-state index >= 15 is 0 Å². The Morgan fingerprint density at radius 3 is 2.45 bits per heavy atom. The summed E-state index contributed by atoms with van der Waals surface area (Å²) in [5.41, 5.74) is 2.88. The number of fused-ring (bicyclic) bond motifs is 1. The molecular weight excluding hydrogens is 368 g/mol. The van der Waals surface area contributed by atoms with E-state index in [1.54, 1.807) is 17.0 Å². The van der Waals surface area contributed by atoms with E-state index in [1.165, 1.54) is 0 Å². The van der Waals surface area contributed by atoms with E-state index in [4.69, 9.17) is 9.15 Å². The van der Waals surface area contributed by atoms with E-state index in [-0.39, 0.29) is 5.91 Å². The third-order valence-electron chi connectivity index (χ3n) is 4.92. The molecule has 3 heterocycles. The molecule has 1 amide bonds. The topological polar surface area (TPSA) is 81.3 Å². The Hall–Kier alpha value is -3.58. The fourth-order valence-corrected chi connectivity index (χ4v) is 3.33. The molecule has 4 aromatic rings.